The lowest BCUT2D eigenvalue weighted by Crippen LogP contribution is -2.37. The minimum absolute atomic E-state index is 0.296. The summed E-state index contributed by atoms with van der Waals surface area (Å²) in [6, 6.07) is 6.05. The molecule has 16 heavy (non-hydrogen) atoms. The third-order valence-corrected chi connectivity index (χ3v) is 3.34. The van der Waals surface area contributed by atoms with Gasteiger partial charge in [-0.25, -0.2) is 0 Å². The predicted molar refractivity (Wildman–Crippen MR) is 67.6 cm³/mol. The summed E-state index contributed by atoms with van der Waals surface area (Å²) in [5, 5.41) is 9.22. The first-order valence-electron chi connectivity index (χ1n) is 5.92. The van der Waals surface area contributed by atoms with E-state index in [0.29, 0.717) is 12.5 Å². The molecule has 1 aliphatic heterocycles. The topological polar surface area (TPSA) is 49.5 Å². The van der Waals surface area contributed by atoms with Crippen molar-refractivity contribution < 1.29 is 5.11 Å². The summed E-state index contributed by atoms with van der Waals surface area (Å²) < 4.78 is 0. The number of nitrogen functional groups attached to an aromatic ring is 1. The van der Waals surface area contributed by atoms with Crippen LogP contribution in [-0.4, -0.2) is 24.8 Å². The van der Waals surface area contributed by atoms with Crippen LogP contribution >= 0.6 is 0 Å². The molecule has 0 radical (unpaired) electrons. The van der Waals surface area contributed by atoms with Crippen LogP contribution in [0.25, 0.3) is 0 Å². The van der Waals surface area contributed by atoms with E-state index in [-0.39, 0.29) is 0 Å². The fourth-order valence-electron chi connectivity index (χ4n) is 2.47. The van der Waals surface area contributed by atoms with E-state index >= 15 is 0 Å². The molecule has 1 aromatic rings. The molecule has 1 aromatic carbocycles. The van der Waals surface area contributed by atoms with Crippen molar-refractivity contribution in [1.29, 1.82) is 0 Å². The van der Waals surface area contributed by atoms with Crippen LogP contribution in [0.2, 0.25) is 0 Å². The summed E-state index contributed by atoms with van der Waals surface area (Å²) in [6.07, 6.45) is 2.30. The molecule has 1 aliphatic rings. The second kappa shape index (κ2) is 4.74. The molecule has 3 nitrogen and oxygen atoms in total. The van der Waals surface area contributed by atoms with E-state index < -0.39 is 0 Å². The van der Waals surface area contributed by atoms with Gasteiger partial charge >= 0.3 is 0 Å². The van der Waals surface area contributed by atoms with E-state index in [1.54, 1.807) is 0 Å². The minimum Gasteiger partial charge on any atom is -0.399 e. The Hall–Kier alpha value is -1.22. The maximum absolute atomic E-state index is 9.22. The molecule has 1 fully saturated rings. The molecular weight excluding hydrogens is 200 g/mol. The van der Waals surface area contributed by atoms with Crippen molar-refractivity contribution in [2.45, 2.75) is 19.8 Å². The highest BCUT2D eigenvalue weighted by atomic mass is 16.3. The number of aliphatic hydroxyl groups is 1. The van der Waals surface area contributed by atoms with E-state index in [1.165, 1.54) is 11.3 Å². The molecule has 0 bridgehead atoms. The lowest BCUT2D eigenvalue weighted by Gasteiger charge is -2.34. The van der Waals surface area contributed by atoms with Crippen LogP contribution in [0.15, 0.2) is 18.2 Å². The van der Waals surface area contributed by atoms with E-state index in [9.17, 15) is 5.11 Å². The maximum atomic E-state index is 9.22. The molecule has 3 heteroatoms. The van der Waals surface area contributed by atoms with Crippen LogP contribution in [-0.2, 0) is 0 Å². The number of benzene rings is 1. The number of nitrogens with two attached hydrogens (primary N) is 1. The number of piperidine rings is 1. The Morgan fingerprint density at radius 1 is 1.50 bits per heavy atom. The molecule has 3 N–H and O–H groups in total. The molecule has 1 unspecified atom stereocenters. The van der Waals surface area contributed by atoms with Gasteiger partial charge in [-0.1, -0.05) is 0 Å². The number of hydrogen-bond donors (Lipinski definition) is 2. The first-order chi connectivity index (χ1) is 7.70. The Kier molecular flexibility index (Phi) is 3.34. The van der Waals surface area contributed by atoms with Crippen molar-refractivity contribution in [2.24, 2.45) is 5.92 Å². The Morgan fingerprint density at radius 3 is 3.00 bits per heavy atom. The van der Waals surface area contributed by atoms with Gasteiger partial charge in [-0.2, -0.15) is 0 Å². The molecule has 0 aliphatic carbocycles. The Bertz CT molecular complexity index is 365. The first-order valence-corrected chi connectivity index (χ1v) is 5.92. The van der Waals surface area contributed by atoms with Gasteiger partial charge in [-0.3, -0.25) is 0 Å². The average Bonchev–Trinajstić information content (AvgIpc) is 2.29. The van der Waals surface area contributed by atoms with Crippen molar-refractivity contribution in [3.05, 3.63) is 23.8 Å². The number of hydrogen-bond acceptors (Lipinski definition) is 3. The third kappa shape index (κ3) is 2.30. The van der Waals surface area contributed by atoms with Crippen molar-refractivity contribution in [3.63, 3.8) is 0 Å². The Labute approximate surface area is 96.9 Å². The smallest absolute Gasteiger partial charge is 0.0476 e. The molecule has 0 saturated carbocycles. The largest absolute Gasteiger partial charge is 0.399 e. The standard InChI is InChI=1S/C13H20N2O/c1-10-7-12(14)4-5-13(10)15-6-2-3-11(8-15)9-16/h4-5,7,11,16H,2-3,6,8-9,14H2,1H3. The highest BCUT2D eigenvalue weighted by Gasteiger charge is 2.20. The lowest BCUT2D eigenvalue weighted by molar-refractivity contribution is 0.208. The van der Waals surface area contributed by atoms with Crippen molar-refractivity contribution in [1.82, 2.24) is 0 Å². The van der Waals surface area contributed by atoms with Crippen molar-refractivity contribution in [2.75, 3.05) is 30.3 Å². The van der Waals surface area contributed by atoms with E-state index in [4.69, 9.17) is 5.73 Å². The molecule has 88 valence electrons. The maximum Gasteiger partial charge on any atom is 0.0476 e. The van der Waals surface area contributed by atoms with Crippen LogP contribution in [0.4, 0.5) is 11.4 Å². The zero-order valence-corrected chi connectivity index (χ0v) is 9.82. The third-order valence-electron chi connectivity index (χ3n) is 3.34. The summed E-state index contributed by atoms with van der Waals surface area (Å²) in [5.74, 6) is 0.422. The zero-order chi connectivity index (χ0) is 11.5. The second-order valence-electron chi connectivity index (χ2n) is 4.68. The average molecular weight is 220 g/mol. The van der Waals surface area contributed by atoms with Gasteiger partial charge in [-0.05, 0) is 49.4 Å². The van der Waals surface area contributed by atoms with Gasteiger partial charge in [0, 0.05) is 31.1 Å². The summed E-state index contributed by atoms with van der Waals surface area (Å²) >= 11 is 0. The molecule has 1 atom stereocenters. The van der Waals surface area contributed by atoms with Gasteiger partial charge in [0.15, 0.2) is 0 Å². The van der Waals surface area contributed by atoms with Crippen LogP contribution < -0.4 is 10.6 Å². The predicted octanol–water partition coefficient (Wildman–Crippen LogP) is 1.79. The van der Waals surface area contributed by atoms with Gasteiger partial charge in [0.25, 0.3) is 0 Å². The quantitative estimate of drug-likeness (QED) is 0.747. The molecule has 0 aromatic heterocycles. The highest BCUT2D eigenvalue weighted by Crippen LogP contribution is 2.27. The fraction of sp³-hybridized carbons (Fsp3) is 0.538. The molecule has 1 heterocycles. The monoisotopic (exact) mass is 220 g/mol. The van der Waals surface area contributed by atoms with E-state index in [1.807, 2.05) is 12.1 Å². The van der Waals surface area contributed by atoms with Gasteiger partial charge in [-0.15, -0.1) is 0 Å². The van der Waals surface area contributed by atoms with Gasteiger partial charge in [0.1, 0.15) is 0 Å². The Balaban J connectivity index is 2.16. The normalized spacial score (nSPS) is 21.1. The lowest BCUT2D eigenvalue weighted by atomic mass is 9.98. The fourth-order valence-corrected chi connectivity index (χ4v) is 2.47. The van der Waals surface area contributed by atoms with Gasteiger partial charge in [0.05, 0.1) is 0 Å². The summed E-state index contributed by atoms with van der Waals surface area (Å²) in [6.45, 7) is 4.43. The van der Waals surface area contributed by atoms with Gasteiger partial charge in [0.2, 0.25) is 0 Å². The molecular formula is C13H20N2O. The Morgan fingerprint density at radius 2 is 2.31 bits per heavy atom. The number of rotatable bonds is 2. The summed E-state index contributed by atoms with van der Waals surface area (Å²) in [7, 11) is 0. The molecule has 1 saturated heterocycles. The SMILES string of the molecule is Cc1cc(N)ccc1N1CCCC(CO)C1. The van der Waals surface area contributed by atoms with E-state index in [0.717, 1.165) is 31.6 Å². The van der Waals surface area contributed by atoms with Gasteiger partial charge < -0.3 is 15.7 Å². The highest BCUT2D eigenvalue weighted by molar-refractivity contribution is 5.59. The molecule has 0 spiro atoms. The summed E-state index contributed by atoms with van der Waals surface area (Å²) in [4.78, 5) is 2.36. The number of anilines is 2. The summed E-state index contributed by atoms with van der Waals surface area (Å²) in [5.41, 5.74) is 9.05. The first kappa shape index (κ1) is 11.3. The van der Waals surface area contributed by atoms with Crippen LogP contribution in [0, 0.1) is 12.8 Å². The number of aryl methyl sites for hydroxylation is 1. The molecule has 0 amide bonds. The second-order valence-corrected chi connectivity index (χ2v) is 4.68. The number of aliphatic hydroxyl groups excluding tert-OH is 1. The molecule has 2 rings (SSSR count). The zero-order valence-electron chi connectivity index (χ0n) is 9.82. The van der Waals surface area contributed by atoms with Crippen LogP contribution in [0.1, 0.15) is 18.4 Å². The van der Waals surface area contributed by atoms with Crippen molar-refractivity contribution in [3.8, 4) is 0 Å². The van der Waals surface area contributed by atoms with E-state index in [2.05, 4.69) is 17.9 Å². The number of nitrogens with zero attached hydrogens (tertiary/aromatic N) is 1. The van der Waals surface area contributed by atoms with Crippen molar-refractivity contribution >= 4 is 11.4 Å². The van der Waals surface area contributed by atoms with Crippen LogP contribution in [0.5, 0.6) is 0 Å². The minimum atomic E-state index is 0.296. The van der Waals surface area contributed by atoms with Crippen LogP contribution in [0.3, 0.4) is 0 Å².